The topological polar surface area (TPSA) is 112 Å². The van der Waals surface area contributed by atoms with Crippen LogP contribution in [0.25, 0.3) is 0 Å². The highest BCUT2D eigenvalue weighted by Crippen LogP contribution is 2.60. The van der Waals surface area contributed by atoms with Gasteiger partial charge in [-0.2, -0.15) is 10.3 Å². The summed E-state index contributed by atoms with van der Waals surface area (Å²) in [5.74, 6) is 1.58. The summed E-state index contributed by atoms with van der Waals surface area (Å²) in [5.41, 5.74) is 5.73. The molecule has 3 unspecified atom stereocenters. The number of hydrogen-bond acceptors (Lipinski definition) is 4. The van der Waals surface area contributed by atoms with Gasteiger partial charge in [0.05, 0.1) is 0 Å². The second-order valence-corrected chi connectivity index (χ2v) is 11.0. The number of amides is 2. The first kappa shape index (κ1) is 21.9. The fourth-order valence-electron chi connectivity index (χ4n) is 7.44. The SMILES string of the molecule is CC1(/C(=N/C#N)NC2C3CC4CC2CC(C(N)=O)(C4)C3)CCCN(Cc2ccccc2)C1=O. The zero-order chi connectivity index (χ0) is 23.2. The molecule has 1 saturated heterocycles. The van der Waals surface area contributed by atoms with Crippen LogP contribution in [0.4, 0.5) is 0 Å². The van der Waals surface area contributed by atoms with Crippen molar-refractivity contribution < 1.29 is 9.59 Å². The molecule has 3 atom stereocenters. The number of aliphatic imine (C=N–C) groups is 1. The number of piperidine rings is 1. The highest BCUT2D eigenvalue weighted by molar-refractivity contribution is 6.08. The van der Waals surface area contributed by atoms with E-state index < -0.39 is 5.41 Å². The maximum Gasteiger partial charge on any atom is 0.236 e. The van der Waals surface area contributed by atoms with Crippen LogP contribution in [0, 0.1) is 40.0 Å². The summed E-state index contributed by atoms with van der Waals surface area (Å²) in [5, 5.41) is 13.1. The van der Waals surface area contributed by atoms with Gasteiger partial charge in [-0.3, -0.25) is 9.59 Å². The molecule has 3 N–H and O–H groups in total. The van der Waals surface area contributed by atoms with Gasteiger partial charge in [-0.25, -0.2) is 0 Å². The molecule has 1 aliphatic heterocycles. The summed E-state index contributed by atoms with van der Waals surface area (Å²) in [4.78, 5) is 32.1. The molecular formula is C26H33N5O2. The Balaban J connectivity index is 1.37. The zero-order valence-corrected chi connectivity index (χ0v) is 19.3. The third kappa shape index (κ3) is 3.70. The van der Waals surface area contributed by atoms with Gasteiger partial charge in [-0.15, -0.1) is 0 Å². The molecule has 4 bridgehead atoms. The summed E-state index contributed by atoms with van der Waals surface area (Å²) < 4.78 is 0. The Labute approximate surface area is 195 Å². The van der Waals surface area contributed by atoms with Gasteiger partial charge in [-0.1, -0.05) is 30.3 Å². The van der Waals surface area contributed by atoms with E-state index in [4.69, 9.17) is 5.73 Å². The monoisotopic (exact) mass is 447 g/mol. The Morgan fingerprint density at radius 3 is 2.58 bits per heavy atom. The molecule has 4 saturated carbocycles. The van der Waals surface area contributed by atoms with E-state index >= 15 is 0 Å². The second-order valence-electron chi connectivity index (χ2n) is 11.0. The molecule has 7 nitrogen and oxygen atoms in total. The van der Waals surface area contributed by atoms with Gasteiger partial charge in [-0.05, 0) is 75.2 Å². The number of rotatable bonds is 5. The Morgan fingerprint density at radius 2 is 1.94 bits per heavy atom. The lowest BCUT2D eigenvalue weighted by Crippen LogP contribution is -2.64. The molecule has 1 heterocycles. The Morgan fingerprint density at radius 1 is 1.24 bits per heavy atom. The highest BCUT2D eigenvalue weighted by Gasteiger charge is 2.58. The Hall–Kier alpha value is -2.88. The maximum atomic E-state index is 13.7. The van der Waals surface area contributed by atoms with Crippen molar-refractivity contribution in [3.63, 3.8) is 0 Å². The minimum atomic E-state index is -0.848. The zero-order valence-electron chi connectivity index (χ0n) is 19.3. The van der Waals surface area contributed by atoms with Crippen LogP contribution in [0.5, 0.6) is 0 Å². The van der Waals surface area contributed by atoms with E-state index in [-0.39, 0.29) is 23.3 Å². The van der Waals surface area contributed by atoms with E-state index in [0.29, 0.717) is 43.1 Å². The van der Waals surface area contributed by atoms with Gasteiger partial charge in [0.25, 0.3) is 0 Å². The molecular weight excluding hydrogens is 414 g/mol. The van der Waals surface area contributed by atoms with Crippen molar-refractivity contribution in [2.45, 2.75) is 64.5 Å². The molecule has 5 fully saturated rings. The van der Waals surface area contributed by atoms with E-state index in [1.807, 2.05) is 48.3 Å². The smallest absolute Gasteiger partial charge is 0.236 e. The number of amidine groups is 1. The van der Waals surface area contributed by atoms with Crippen molar-refractivity contribution in [1.29, 1.82) is 5.26 Å². The molecule has 1 aromatic carbocycles. The molecule has 33 heavy (non-hydrogen) atoms. The number of primary amides is 1. The number of carbonyl (C=O) groups excluding carboxylic acids is 2. The van der Waals surface area contributed by atoms with Crippen LogP contribution in [0.3, 0.4) is 0 Å². The molecule has 0 spiro atoms. The number of hydrogen-bond donors (Lipinski definition) is 2. The van der Waals surface area contributed by atoms with Gasteiger partial charge in [0, 0.05) is 24.5 Å². The summed E-state index contributed by atoms with van der Waals surface area (Å²) in [6.07, 6.45) is 8.17. The summed E-state index contributed by atoms with van der Waals surface area (Å²) in [6.45, 7) is 3.20. The molecule has 7 heteroatoms. The number of nitrogens with two attached hydrogens (primary N) is 1. The lowest BCUT2D eigenvalue weighted by molar-refractivity contribution is -0.145. The van der Waals surface area contributed by atoms with Gasteiger partial charge < -0.3 is 16.0 Å². The van der Waals surface area contributed by atoms with Crippen molar-refractivity contribution in [2.75, 3.05) is 6.54 Å². The predicted molar refractivity (Wildman–Crippen MR) is 124 cm³/mol. The number of benzene rings is 1. The van der Waals surface area contributed by atoms with Crippen molar-refractivity contribution in [1.82, 2.24) is 10.2 Å². The molecule has 4 aliphatic carbocycles. The molecule has 0 radical (unpaired) electrons. The van der Waals surface area contributed by atoms with Gasteiger partial charge in [0.1, 0.15) is 11.3 Å². The third-order valence-corrected chi connectivity index (χ3v) is 8.86. The first-order valence-electron chi connectivity index (χ1n) is 12.2. The summed E-state index contributed by atoms with van der Waals surface area (Å²) in [7, 11) is 0. The molecule has 174 valence electrons. The van der Waals surface area contributed by atoms with Crippen LogP contribution in [0.2, 0.25) is 0 Å². The van der Waals surface area contributed by atoms with E-state index in [1.165, 1.54) is 0 Å². The predicted octanol–water partition coefficient (Wildman–Crippen LogP) is 2.96. The van der Waals surface area contributed by atoms with Gasteiger partial charge >= 0.3 is 0 Å². The Bertz CT molecular complexity index is 999. The number of likely N-dealkylation sites (tertiary alicyclic amines) is 1. The fraction of sp³-hybridized carbons (Fsp3) is 0.615. The molecule has 1 aromatic rings. The van der Waals surface area contributed by atoms with Crippen LogP contribution in [-0.2, 0) is 16.1 Å². The lowest BCUT2D eigenvalue weighted by atomic mass is 9.47. The van der Waals surface area contributed by atoms with Crippen LogP contribution in [0.1, 0.15) is 57.4 Å². The first-order chi connectivity index (χ1) is 15.8. The summed E-state index contributed by atoms with van der Waals surface area (Å²) in [6, 6.07) is 10.1. The van der Waals surface area contributed by atoms with Crippen molar-refractivity contribution in [2.24, 2.45) is 39.3 Å². The van der Waals surface area contributed by atoms with Crippen molar-refractivity contribution in [3.05, 3.63) is 35.9 Å². The molecule has 0 aromatic heterocycles. The van der Waals surface area contributed by atoms with E-state index in [1.54, 1.807) is 0 Å². The van der Waals surface area contributed by atoms with Gasteiger partial charge in [0.15, 0.2) is 0 Å². The molecule has 6 rings (SSSR count). The van der Waals surface area contributed by atoms with E-state index in [0.717, 1.165) is 44.1 Å². The third-order valence-electron chi connectivity index (χ3n) is 8.86. The van der Waals surface area contributed by atoms with Crippen LogP contribution in [-0.4, -0.2) is 35.1 Å². The van der Waals surface area contributed by atoms with Crippen LogP contribution >= 0.6 is 0 Å². The quantitative estimate of drug-likeness (QED) is 0.410. The van der Waals surface area contributed by atoms with Crippen molar-refractivity contribution in [3.8, 4) is 6.19 Å². The first-order valence-corrected chi connectivity index (χ1v) is 12.2. The molecule has 2 amide bonds. The normalized spacial score (nSPS) is 37.6. The minimum Gasteiger partial charge on any atom is -0.369 e. The average molecular weight is 448 g/mol. The van der Waals surface area contributed by atoms with E-state index in [9.17, 15) is 14.9 Å². The van der Waals surface area contributed by atoms with Crippen molar-refractivity contribution >= 4 is 17.6 Å². The van der Waals surface area contributed by atoms with E-state index in [2.05, 4.69) is 10.3 Å². The number of nitriles is 1. The average Bonchev–Trinajstić information content (AvgIpc) is 2.79. The number of carbonyl (C=O) groups is 2. The summed E-state index contributed by atoms with van der Waals surface area (Å²) >= 11 is 0. The lowest BCUT2D eigenvalue weighted by Gasteiger charge is -2.59. The fourth-order valence-corrected chi connectivity index (χ4v) is 7.44. The molecule has 5 aliphatic rings. The van der Waals surface area contributed by atoms with Gasteiger partial charge in [0.2, 0.25) is 18.0 Å². The second kappa shape index (κ2) is 8.16. The van der Waals surface area contributed by atoms with Crippen LogP contribution in [0.15, 0.2) is 35.3 Å². The Kier molecular flexibility index (Phi) is 5.43. The number of nitrogens with one attached hydrogen (secondary N) is 1. The van der Waals surface area contributed by atoms with Crippen LogP contribution < -0.4 is 11.1 Å². The standard InChI is InChI=1S/C26H33N5O2/c1-25(8-5-9-31(24(25)33)15-17-6-3-2-4-7-17)23(29-16-27)30-21-19-10-18-11-20(21)14-26(12-18,13-19)22(28)32/h2-4,6-7,18-21H,5,8-15H2,1H3,(H2,28,32)(H,29,30). The largest absolute Gasteiger partial charge is 0.369 e. The highest BCUT2D eigenvalue weighted by atomic mass is 16.2. The maximum absolute atomic E-state index is 13.7. The minimum absolute atomic E-state index is 0.0246. The number of nitrogens with zero attached hydrogens (tertiary/aromatic N) is 3.